The van der Waals surface area contributed by atoms with E-state index in [1.54, 1.807) is 18.2 Å². The van der Waals surface area contributed by atoms with E-state index in [1.807, 2.05) is 36.4 Å². The first-order chi connectivity index (χ1) is 11.7. The van der Waals surface area contributed by atoms with Crippen molar-refractivity contribution in [3.05, 3.63) is 65.2 Å². The van der Waals surface area contributed by atoms with Crippen molar-refractivity contribution < 1.29 is 9.53 Å². The minimum Gasteiger partial charge on any atom is -0.457 e. The SMILES string of the molecule is CCCc1nnc(NC(=O)c2cccc(Oc3ccccc3)c2)s1. The zero-order valence-electron chi connectivity index (χ0n) is 13.2. The van der Waals surface area contributed by atoms with Crippen molar-refractivity contribution in [2.24, 2.45) is 0 Å². The molecule has 0 spiro atoms. The Bertz CT molecular complexity index is 818. The van der Waals surface area contributed by atoms with Gasteiger partial charge in [-0.25, -0.2) is 0 Å². The van der Waals surface area contributed by atoms with Crippen LogP contribution < -0.4 is 10.1 Å². The summed E-state index contributed by atoms with van der Waals surface area (Å²) in [5.74, 6) is 1.11. The van der Waals surface area contributed by atoms with E-state index in [2.05, 4.69) is 22.4 Å². The highest BCUT2D eigenvalue weighted by Gasteiger charge is 2.11. The van der Waals surface area contributed by atoms with Crippen molar-refractivity contribution in [2.45, 2.75) is 19.8 Å². The molecular formula is C18H17N3O2S. The largest absolute Gasteiger partial charge is 0.457 e. The quantitative estimate of drug-likeness (QED) is 0.716. The number of amides is 1. The molecule has 1 heterocycles. The van der Waals surface area contributed by atoms with Gasteiger partial charge in [-0.1, -0.05) is 42.5 Å². The number of aryl methyl sites for hydroxylation is 1. The Kier molecular flexibility index (Phi) is 5.18. The van der Waals surface area contributed by atoms with Crippen molar-refractivity contribution in [3.63, 3.8) is 0 Å². The van der Waals surface area contributed by atoms with Crippen molar-refractivity contribution in [1.29, 1.82) is 0 Å². The lowest BCUT2D eigenvalue weighted by molar-refractivity contribution is 0.102. The molecule has 0 aliphatic heterocycles. The molecule has 1 aromatic heterocycles. The van der Waals surface area contributed by atoms with Crippen molar-refractivity contribution in [2.75, 3.05) is 5.32 Å². The molecule has 3 aromatic rings. The van der Waals surface area contributed by atoms with Crippen molar-refractivity contribution >= 4 is 22.4 Å². The molecule has 24 heavy (non-hydrogen) atoms. The number of hydrogen-bond acceptors (Lipinski definition) is 5. The maximum Gasteiger partial charge on any atom is 0.257 e. The second-order valence-corrected chi connectivity index (χ2v) is 6.21. The van der Waals surface area contributed by atoms with Crippen LogP contribution in [0.5, 0.6) is 11.5 Å². The molecule has 0 bridgehead atoms. The predicted molar refractivity (Wildman–Crippen MR) is 94.8 cm³/mol. The number of carbonyl (C=O) groups excluding carboxylic acids is 1. The van der Waals surface area contributed by atoms with Crippen LogP contribution in [0.2, 0.25) is 0 Å². The van der Waals surface area contributed by atoms with E-state index in [9.17, 15) is 4.79 Å². The maximum atomic E-state index is 12.4. The van der Waals surface area contributed by atoms with Crippen LogP contribution in [0.25, 0.3) is 0 Å². The molecule has 0 aliphatic carbocycles. The van der Waals surface area contributed by atoms with E-state index in [1.165, 1.54) is 11.3 Å². The maximum absolute atomic E-state index is 12.4. The normalized spacial score (nSPS) is 10.4. The Morgan fingerprint density at radius 2 is 1.88 bits per heavy atom. The molecule has 0 radical (unpaired) electrons. The van der Waals surface area contributed by atoms with Crippen LogP contribution in [0.1, 0.15) is 28.7 Å². The number of anilines is 1. The number of para-hydroxylation sites is 1. The number of aromatic nitrogens is 2. The number of nitrogens with one attached hydrogen (secondary N) is 1. The molecule has 5 nitrogen and oxygen atoms in total. The summed E-state index contributed by atoms with van der Waals surface area (Å²) in [4.78, 5) is 12.4. The third kappa shape index (κ3) is 4.17. The van der Waals surface area contributed by atoms with Gasteiger partial charge in [-0.15, -0.1) is 10.2 Å². The van der Waals surface area contributed by atoms with E-state index >= 15 is 0 Å². The Hall–Kier alpha value is -2.73. The Morgan fingerprint density at radius 1 is 1.08 bits per heavy atom. The fourth-order valence-electron chi connectivity index (χ4n) is 2.11. The van der Waals surface area contributed by atoms with Gasteiger partial charge in [-0.05, 0) is 36.8 Å². The highest BCUT2D eigenvalue weighted by Crippen LogP contribution is 2.23. The van der Waals surface area contributed by atoms with Gasteiger partial charge >= 0.3 is 0 Å². The first-order valence-electron chi connectivity index (χ1n) is 7.71. The molecule has 0 saturated carbocycles. The first kappa shape index (κ1) is 16.1. The number of ether oxygens (including phenoxy) is 1. The molecule has 1 N–H and O–H groups in total. The number of benzene rings is 2. The van der Waals surface area contributed by atoms with Gasteiger partial charge in [-0.2, -0.15) is 0 Å². The Balaban J connectivity index is 1.69. The van der Waals surface area contributed by atoms with Gasteiger partial charge in [0.25, 0.3) is 5.91 Å². The molecular weight excluding hydrogens is 322 g/mol. The van der Waals surface area contributed by atoms with Gasteiger partial charge in [0.05, 0.1) is 0 Å². The average molecular weight is 339 g/mol. The van der Waals surface area contributed by atoms with Crippen LogP contribution >= 0.6 is 11.3 Å². The van der Waals surface area contributed by atoms with E-state index < -0.39 is 0 Å². The van der Waals surface area contributed by atoms with E-state index in [4.69, 9.17) is 4.74 Å². The lowest BCUT2D eigenvalue weighted by Gasteiger charge is -2.07. The number of carbonyl (C=O) groups is 1. The minimum absolute atomic E-state index is 0.229. The topological polar surface area (TPSA) is 64.1 Å². The second-order valence-electron chi connectivity index (χ2n) is 5.15. The summed E-state index contributed by atoms with van der Waals surface area (Å²) in [6.45, 7) is 2.08. The summed E-state index contributed by atoms with van der Waals surface area (Å²) >= 11 is 1.40. The van der Waals surface area contributed by atoms with Crippen LogP contribution in [0.4, 0.5) is 5.13 Å². The molecule has 0 atom stereocenters. The molecule has 3 rings (SSSR count). The molecule has 0 fully saturated rings. The monoisotopic (exact) mass is 339 g/mol. The molecule has 6 heteroatoms. The fourth-order valence-corrected chi connectivity index (χ4v) is 2.95. The summed E-state index contributed by atoms with van der Waals surface area (Å²) in [6.07, 6.45) is 1.87. The number of nitrogens with zero attached hydrogens (tertiary/aromatic N) is 2. The van der Waals surface area contributed by atoms with Crippen molar-refractivity contribution in [1.82, 2.24) is 10.2 Å². The van der Waals surface area contributed by atoms with Gasteiger partial charge in [0.1, 0.15) is 16.5 Å². The van der Waals surface area contributed by atoms with Gasteiger partial charge in [0.2, 0.25) is 5.13 Å². The fraction of sp³-hybridized carbons (Fsp3) is 0.167. The van der Waals surface area contributed by atoms with Gasteiger partial charge < -0.3 is 4.74 Å². The molecule has 122 valence electrons. The Labute approximate surface area is 144 Å². The summed E-state index contributed by atoms with van der Waals surface area (Å²) in [5.41, 5.74) is 0.510. The molecule has 2 aromatic carbocycles. The van der Waals surface area contributed by atoms with Crippen molar-refractivity contribution in [3.8, 4) is 11.5 Å². The van der Waals surface area contributed by atoms with Crippen LogP contribution in [0.15, 0.2) is 54.6 Å². The van der Waals surface area contributed by atoms with Crippen LogP contribution in [-0.2, 0) is 6.42 Å². The van der Waals surface area contributed by atoms with Crippen LogP contribution in [0.3, 0.4) is 0 Å². The zero-order valence-corrected chi connectivity index (χ0v) is 14.0. The second kappa shape index (κ2) is 7.70. The predicted octanol–water partition coefficient (Wildman–Crippen LogP) is 4.54. The highest BCUT2D eigenvalue weighted by molar-refractivity contribution is 7.15. The molecule has 0 unspecified atom stereocenters. The zero-order chi connectivity index (χ0) is 16.8. The average Bonchev–Trinajstić information content (AvgIpc) is 3.03. The smallest absolute Gasteiger partial charge is 0.257 e. The summed E-state index contributed by atoms with van der Waals surface area (Å²) < 4.78 is 5.75. The van der Waals surface area contributed by atoms with E-state index in [0.29, 0.717) is 16.4 Å². The molecule has 0 saturated heterocycles. The van der Waals surface area contributed by atoms with E-state index in [-0.39, 0.29) is 5.91 Å². The molecule has 0 aliphatic rings. The van der Waals surface area contributed by atoms with Gasteiger partial charge in [0, 0.05) is 12.0 Å². The number of hydrogen-bond donors (Lipinski definition) is 1. The third-order valence-electron chi connectivity index (χ3n) is 3.23. The summed E-state index contributed by atoms with van der Waals surface area (Å²) in [5, 5.41) is 12.3. The van der Waals surface area contributed by atoms with Crippen LogP contribution in [0, 0.1) is 0 Å². The standard InChI is InChI=1S/C18H17N3O2S/c1-2-7-16-20-21-18(24-16)19-17(22)13-8-6-11-15(12-13)23-14-9-4-3-5-10-14/h3-6,8-12H,2,7H2,1H3,(H,19,21,22). The Morgan fingerprint density at radius 3 is 2.67 bits per heavy atom. The minimum atomic E-state index is -0.229. The van der Waals surface area contributed by atoms with Gasteiger partial charge in [-0.3, -0.25) is 10.1 Å². The lowest BCUT2D eigenvalue weighted by atomic mass is 10.2. The van der Waals surface area contributed by atoms with Crippen LogP contribution in [-0.4, -0.2) is 16.1 Å². The first-order valence-corrected chi connectivity index (χ1v) is 8.53. The lowest BCUT2D eigenvalue weighted by Crippen LogP contribution is -2.11. The molecule has 1 amide bonds. The highest BCUT2D eigenvalue weighted by atomic mass is 32.1. The number of rotatable bonds is 6. The third-order valence-corrected chi connectivity index (χ3v) is 4.12. The summed E-state index contributed by atoms with van der Waals surface area (Å²) in [6, 6.07) is 16.5. The van der Waals surface area contributed by atoms with Gasteiger partial charge in [0.15, 0.2) is 0 Å². The van der Waals surface area contributed by atoms with E-state index in [0.717, 1.165) is 23.6 Å². The summed E-state index contributed by atoms with van der Waals surface area (Å²) in [7, 11) is 0.